The van der Waals surface area contributed by atoms with Gasteiger partial charge in [-0.15, -0.1) is 0 Å². The number of carbonyl (C=O) groups is 2. The zero-order valence-electron chi connectivity index (χ0n) is 11.1. The molecule has 1 aliphatic heterocycles. The van der Waals surface area contributed by atoms with E-state index in [2.05, 4.69) is 0 Å². The van der Waals surface area contributed by atoms with Gasteiger partial charge in [0.15, 0.2) is 0 Å². The normalized spacial score (nSPS) is 21.8. The fraction of sp³-hybridized carbons (Fsp3) is 0.833. The van der Waals surface area contributed by atoms with Crippen molar-refractivity contribution >= 4 is 11.8 Å². The van der Waals surface area contributed by atoms with Crippen molar-refractivity contribution in [1.82, 2.24) is 9.80 Å². The van der Waals surface area contributed by atoms with Gasteiger partial charge in [0.2, 0.25) is 11.8 Å². The minimum Gasteiger partial charge on any atom is -0.341 e. The van der Waals surface area contributed by atoms with E-state index in [0.29, 0.717) is 13.1 Å². The molecule has 0 saturated carbocycles. The summed E-state index contributed by atoms with van der Waals surface area (Å²) in [5.41, 5.74) is 5.85. The van der Waals surface area contributed by atoms with Crippen molar-refractivity contribution in [2.75, 3.05) is 20.1 Å². The highest BCUT2D eigenvalue weighted by Crippen LogP contribution is 2.16. The molecule has 5 nitrogen and oxygen atoms in total. The van der Waals surface area contributed by atoms with Crippen LogP contribution in [0.5, 0.6) is 0 Å². The molecular formula is C12H23N3O2. The fourth-order valence-corrected chi connectivity index (χ4v) is 2.01. The Labute approximate surface area is 103 Å². The Kier molecular flexibility index (Phi) is 4.51. The van der Waals surface area contributed by atoms with Crippen LogP contribution in [0.4, 0.5) is 0 Å². The third-order valence-electron chi connectivity index (χ3n) is 3.52. The van der Waals surface area contributed by atoms with Crippen LogP contribution < -0.4 is 5.73 Å². The number of likely N-dealkylation sites (N-methyl/N-ethyl adjacent to an activating group) is 1. The average Bonchev–Trinajstić information content (AvgIpc) is 2.74. The number of amides is 2. The molecular weight excluding hydrogens is 218 g/mol. The molecule has 0 spiro atoms. The molecule has 0 aliphatic carbocycles. The van der Waals surface area contributed by atoms with Crippen LogP contribution in [-0.2, 0) is 9.59 Å². The van der Waals surface area contributed by atoms with E-state index in [-0.39, 0.29) is 23.8 Å². The molecule has 0 aromatic rings. The Hall–Kier alpha value is -1.10. The van der Waals surface area contributed by atoms with Crippen molar-refractivity contribution in [1.29, 1.82) is 0 Å². The van der Waals surface area contributed by atoms with E-state index in [1.165, 1.54) is 0 Å². The topological polar surface area (TPSA) is 66.6 Å². The van der Waals surface area contributed by atoms with E-state index in [1.54, 1.807) is 23.8 Å². The first-order valence-corrected chi connectivity index (χ1v) is 6.12. The smallest absolute Gasteiger partial charge is 0.239 e. The molecule has 1 saturated heterocycles. The van der Waals surface area contributed by atoms with Gasteiger partial charge in [-0.1, -0.05) is 13.8 Å². The lowest BCUT2D eigenvalue weighted by Gasteiger charge is -2.25. The molecule has 2 amide bonds. The summed E-state index contributed by atoms with van der Waals surface area (Å²) >= 11 is 0. The van der Waals surface area contributed by atoms with Gasteiger partial charge in [0, 0.05) is 27.1 Å². The maximum absolute atomic E-state index is 12.0. The zero-order valence-corrected chi connectivity index (χ0v) is 11.1. The van der Waals surface area contributed by atoms with Crippen LogP contribution in [0.15, 0.2) is 0 Å². The van der Waals surface area contributed by atoms with Crippen molar-refractivity contribution in [2.45, 2.75) is 39.3 Å². The standard InChI is InChI=1S/C12H23N3O2/c1-8(2)11(13)12(17)15-6-5-10(7-15)14(4)9(3)16/h8,10-11H,5-7,13H2,1-4H3. The second-order valence-corrected chi connectivity index (χ2v) is 5.13. The molecule has 5 heteroatoms. The molecule has 0 radical (unpaired) electrons. The summed E-state index contributed by atoms with van der Waals surface area (Å²) in [5.74, 6) is 0.184. The van der Waals surface area contributed by atoms with Gasteiger partial charge in [0.25, 0.3) is 0 Å². The molecule has 1 heterocycles. The molecule has 0 aromatic carbocycles. The van der Waals surface area contributed by atoms with Crippen LogP contribution in [0, 0.1) is 5.92 Å². The monoisotopic (exact) mass is 241 g/mol. The van der Waals surface area contributed by atoms with Crippen molar-refractivity contribution in [3.63, 3.8) is 0 Å². The third-order valence-corrected chi connectivity index (χ3v) is 3.52. The summed E-state index contributed by atoms with van der Waals surface area (Å²) in [5, 5.41) is 0. The van der Waals surface area contributed by atoms with Crippen molar-refractivity contribution in [2.24, 2.45) is 11.7 Å². The van der Waals surface area contributed by atoms with Crippen molar-refractivity contribution < 1.29 is 9.59 Å². The van der Waals surface area contributed by atoms with Crippen LogP contribution in [0.25, 0.3) is 0 Å². The van der Waals surface area contributed by atoms with E-state index in [4.69, 9.17) is 5.73 Å². The second kappa shape index (κ2) is 5.49. The highest BCUT2D eigenvalue weighted by atomic mass is 16.2. The van der Waals surface area contributed by atoms with Crippen LogP contribution in [0.1, 0.15) is 27.2 Å². The number of rotatable bonds is 3. The Morgan fingerprint density at radius 1 is 1.41 bits per heavy atom. The molecule has 2 atom stereocenters. The quantitative estimate of drug-likeness (QED) is 0.759. The van der Waals surface area contributed by atoms with Gasteiger partial charge in [-0.05, 0) is 12.3 Å². The lowest BCUT2D eigenvalue weighted by Crippen LogP contribution is -2.47. The van der Waals surface area contributed by atoms with Crippen LogP contribution >= 0.6 is 0 Å². The molecule has 0 bridgehead atoms. The summed E-state index contributed by atoms with van der Waals surface area (Å²) in [6.45, 7) is 6.73. The predicted octanol–water partition coefficient (Wildman–Crippen LogP) is 0.0489. The lowest BCUT2D eigenvalue weighted by molar-refractivity contribution is -0.134. The van der Waals surface area contributed by atoms with Crippen LogP contribution in [0.3, 0.4) is 0 Å². The number of hydrogen-bond donors (Lipinski definition) is 1. The van der Waals surface area contributed by atoms with Crippen LogP contribution in [-0.4, -0.2) is 53.8 Å². The van der Waals surface area contributed by atoms with Gasteiger partial charge in [-0.2, -0.15) is 0 Å². The fourth-order valence-electron chi connectivity index (χ4n) is 2.01. The molecule has 1 fully saturated rings. The van der Waals surface area contributed by atoms with E-state index < -0.39 is 6.04 Å². The maximum atomic E-state index is 12.0. The van der Waals surface area contributed by atoms with Gasteiger partial charge in [0.1, 0.15) is 0 Å². The van der Waals surface area contributed by atoms with Gasteiger partial charge in [-0.3, -0.25) is 9.59 Å². The molecule has 2 N–H and O–H groups in total. The Morgan fingerprint density at radius 2 is 2.00 bits per heavy atom. The van der Waals surface area contributed by atoms with Gasteiger partial charge in [-0.25, -0.2) is 0 Å². The summed E-state index contributed by atoms with van der Waals surface area (Å²) in [7, 11) is 1.78. The van der Waals surface area contributed by atoms with E-state index in [9.17, 15) is 9.59 Å². The molecule has 2 unspecified atom stereocenters. The summed E-state index contributed by atoms with van der Waals surface area (Å²) in [4.78, 5) is 26.7. The second-order valence-electron chi connectivity index (χ2n) is 5.13. The Bertz CT molecular complexity index is 304. The first kappa shape index (κ1) is 14.0. The zero-order chi connectivity index (χ0) is 13.2. The maximum Gasteiger partial charge on any atom is 0.239 e. The predicted molar refractivity (Wildman–Crippen MR) is 66.2 cm³/mol. The largest absolute Gasteiger partial charge is 0.341 e. The molecule has 17 heavy (non-hydrogen) atoms. The number of hydrogen-bond acceptors (Lipinski definition) is 3. The highest BCUT2D eigenvalue weighted by Gasteiger charge is 2.32. The Balaban J connectivity index is 2.56. The number of nitrogens with zero attached hydrogens (tertiary/aromatic N) is 2. The SMILES string of the molecule is CC(=O)N(C)C1CCN(C(=O)C(N)C(C)C)C1. The summed E-state index contributed by atoms with van der Waals surface area (Å²) in [6, 6.07) is -0.299. The number of likely N-dealkylation sites (tertiary alicyclic amines) is 1. The van der Waals surface area contributed by atoms with Crippen molar-refractivity contribution in [3.05, 3.63) is 0 Å². The number of carbonyl (C=O) groups excluding carboxylic acids is 2. The minimum atomic E-state index is -0.434. The van der Waals surface area contributed by atoms with E-state index in [0.717, 1.165) is 6.42 Å². The first-order chi connectivity index (χ1) is 7.84. The van der Waals surface area contributed by atoms with Gasteiger partial charge < -0.3 is 15.5 Å². The summed E-state index contributed by atoms with van der Waals surface area (Å²) in [6.07, 6.45) is 0.840. The summed E-state index contributed by atoms with van der Waals surface area (Å²) < 4.78 is 0. The molecule has 0 aromatic heterocycles. The molecule has 98 valence electrons. The van der Waals surface area contributed by atoms with E-state index in [1.807, 2.05) is 13.8 Å². The van der Waals surface area contributed by atoms with Crippen LogP contribution in [0.2, 0.25) is 0 Å². The van der Waals surface area contributed by atoms with Gasteiger partial charge in [0.05, 0.1) is 12.1 Å². The lowest BCUT2D eigenvalue weighted by atomic mass is 10.0. The highest BCUT2D eigenvalue weighted by molar-refractivity contribution is 5.82. The third kappa shape index (κ3) is 3.19. The minimum absolute atomic E-state index is 0.000507. The Morgan fingerprint density at radius 3 is 2.47 bits per heavy atom. The van der Waals surface area contributed by atoms with Gasteiger partial charge >= 0.3 is 0 Å². The van der Waals surface area contributed by atoms with Crippen molar-refractivity contribution in [3.8, 4) is 0 Å². The first-order valence-electron chi connectivity index (χ1n) is 6.12. The molecule has 1 aliphatic rings. The average molecular weight is 241 g/mol. The molecule has 1 rings (SSSR count). The van der Waals surface area contributed by atoms with E-state index >= 15 is 0 Å². The number of nitrogens with two attached hydrogens (primary N) is 1.